The summed E-state index contributed by atoms with van der Waals surface area (Å²) in [5, 5.41) is 3.08. The van der Waals surface area contributed by atoms with E-state index >= 15 is 0 Å². The van der Waals surface area contributed by atoms with Gasteiger partial charge in [0.15, 0.2) is 11.7 Å². The van der Waals surface area contributed by atoms with Crippen LogP contribution in [-0.2, 0) is 9.53 Å². The van der Waals surface area contributed by atoms with E-state index in [1.807, 2.05) is 13.8 Å². The van der Waals surface area contributed by atoms with Gasteiger partial charge in [0.05, 0.1) is 5.54 Å². The standard InChI is InChI=1S/C8H13NO2/c1-6(10)4-7-9-8(2,3)5-11-7/h4,9H,5H2,1-3H3/b7-4+. The molecule has 0 bridgehead atoms. The highest BCUT2D eigenvalue weighted by molar-refractivity contribution is 5.87. The molecule has 1 rings (SSSR count). The van der Waals surface area contributed by atoms with Crippen molar-refractivity contribution in [1.82, 2.24) is 5.32 Å². The number of hydrogen-bond donors (Lipinski definition) is 1. The lowest BCUT2D eigenvalue weighted by Gasteiger charge is -2.12. The second-order valence-corrected chi connectivity index (χ2v) is 3.42. The topological polar surface area (TPSA) is 38.3 Å². The first-order chi connectivity index (χ1) is 4.99. The fourth-order valence-electron chi connectivity index (χ4n) is 0.926. The second-order valence-electron chi connectivity index (χ2n) is 3.42. The molecule has 1 aliphatic rings. The smallest absolute Gasteiger partial charge is 0.190 e. The normalized spacial score (nSPS) is 24.5. The van der Waals surface area contributed by atoms with Crippen LogP contribution in [0.15, 0.2) is 12.0 Å². The Morgan fingerprint density at radius 1 is 1.73 bits per heavy atom. The minimum absolute atomic E-state index is 0.00481. The molecule has 0 aromatic carbocycles. The maximum Gasteiger partial charge on any atom is 0.190 e. The Bertz CT molecular complexity index is 206. The van der Waals surface area contributed by atoms with Gasteiger partial charge in [0, 0.05) is 6.08 Å². The summed E-state index contributed by atoms with van der Waals surface area (Å²) >= 11 is 0. The number of carbonyl (C=O) groups excluding carboxylic acids is 1. The molecular weight excluding hydrogens is 142 g/mol. The molecule has 1 aliphatic heterocycles. The van der Waals surface area contributed by atoms with Crippen molar-refractivity contribution >= 4 is 5.78 Å². The van der Waals surface area contributed by atoms with Crippen molar-refractivity contribution < 1.29 is 9.53 Å². The highest BCUT2D eigenvalue weighted by Crippen LogP contribution is 2.15. The van der Waals surface area contributed by atoms with Gasteiger partial charge in [0.25, 0.3) is 0 Å². The fourth-order valence-corrected chi connectivity index (χ4v) is 0.926. The Morgan fingerprint density at radius 3 is 2.73 bits per heavy atom. The lowest BCUT2D eigenvalue weighted by Crippen LogP contribution is -2.34. The van der Waals surface area contributed by atoms with Gasteiger partial charge in [0.1, 0.15) is 6.61 Å². The number of allylic oxidation sites excluding steroid dienone is 1. The third-order valence-electron chi connectivity index (χ3n) is 1.38. The van der Waals surface area contributed by atoms with Crippen molar-refractivity contribution in [3.05, 3.63) is 12.0 Å². The van der Waals surface area contributed by atoms with Crippen molar-refractivity contribution in [2.24, 2.45) is 0 Å². The van der Waals surface area contributed by atoms with Crippen LogP contribution in [0.3, 0.4) is 0 Å². The summed E-state index contributed by atoms with van der Waals surface area (Å²) in [6.07, 6.45) is 1.47. The predicted octanol–water partition coefficient (Wildman–Crippen LogP) is 0.815. The molecule has 1 heterocycles. The maximum absolute atomic E-state index is 10.6. The van der Waals surface area contributed by atoms with Crippen LogP contribution in [0.4, 0.5) is 0 Å². The zero-order valence-corrected chi connectivity index (χ0v) is 7.10. The molecule has 0 amide bonds. The fraction of sp³-hybridized carbons (Fsp3) is 0.625. The highest BCUT2D eigenvalue weighted by atomic mass is 16.5. The maximum atomic E-state index is 10.6. The van der Waals surface area contributed by atoms with Gasteiger partial charge in [-0.2, -0.15) is 0 Å². The molecule has 1 fully saturated rings. The minimum Gasteiger partial charge on any atom is -0.477 e. The van der Waals surface area contributed by atoms with Gasteiger partial charge in [-0.3, -0.25) is 4.79 Å². The van der Waals surface area contributed by atoms with E-state index in [2.05, 4.69) is 5.32 Å². The molecule has 1 saturated heterocycles. The Balaban J connectivity index is 2.61. The molecule has 11 heavy (non-hydrogen) atoms. The number of hydrogen-bond acceptors (Lipinski definition) is 3. The van der Waals surface area contributed by atoms with Gasteiger partial charge < -0.3 is 10.1 Å². The van der Waals surface area contributed by atoms with Crippen LogP contribution in [0.2, 0.25) is 0 Å². The molecule has 3 nitrogen and oxygen atoms in total. The molecule has 0 radical (unpaired) electrons. The molecule has 0 atom stereocenters. The van der Waals surface area contributed by atoms with Crippen LogP contribution >= 0.6 is 0 Å². The summed E-state index contributed by atoms with van der Waals surface area (Å²) in [6, 6.07) is 0. The Hall–Kier alpha value is -0.990. The SMILES string of the molecule is CC(=O)/C=C1\NC(C)(C)CO1. The van der Waals surface area contributed by atoms with Gasteiger partial charge in [-0.1, -0.05) is 0 Å². The first-order valence-corrected chi connectivity index (χ1v) is 3.63. The quantitative estimate of drug-likeness (QED) is 0.569. The lowest BCUT2D eigenvalue weighted by atomic mass is 10.1. The van der Waals surface area contributed by atoms with E-state index in [-0.39, 0.29) is 11.3 Å². The van der Waals surface area contributed by atoms with E-state index in [0.717, 1.165) is 0 Å². The molecule has 0 aromatic heterocycles. The molecule has 3 heteroatoms. The van der Waals surface area contributed by atoms with E-state index in [0.29, 0.717) is 12.5 Å². The summed E-state index contributed by atoms with van der Waals surface area (Å²) in [7, 11) is 0. The molecule has 0 unspecified atom stereocenters. The molecule has 62 valence electrons. The first-order valence-electron chi connectivity index (χ1n) is 3.63. The summed E-state index contributed by atoms with van der Waals surface area (Å²) in [5.74, 6) is 0.590. The summed E-state index contributed by atoms with van der Waals surface area (Å²) in [6.45, 7) is 6.16. The number of rotatable bonds is 1. The van der Waals surface area contributed by atoms with Crippen molar-refractivity contribution in [2.45, 2.75) is 26.3 Å². The second kappa shape index (κ2) is 2.57. The van der Waals surface area contributed by atoms with Crippen LogP contribution in [0.1, 0.15) is 20.8 Å². The van der Waals surface area contributed by atoms with Crippen LogP contribution in [0.25, 0.3) is 0 Å². The van der Waals surface area contributed by atoms with Gasteiger partial charge in [-0.15, -0.1) is 0 Å². The van der Waals surface area contributed by atoms with E-state index < -0.39 is 0 Å². The molecule has 0 aromatic rings. The Labute approximate surface area is 66.4 Å². The predicted molar refractivity (Wildman–Crippen MR) is 41.9 cm³/mol. The van der Waals surface area contributed by atoms with Gasteiger partial charge in [-0.25, -0.2) is 0 Å². The number of ether oxygens (including phenoxy) is 1. The number of carbonyl (C=O) groups is 1. The lowest BCUT2D eigenvalue weighted by molar-refractivity contribution is -0.112. The zero-order valence-electron chi connectivity index (χ0n) is 7.10. The Morgan fingerprint density at radius 2 is 2.36 bits per heavy atom. The summed E-state index contributed by atoms with van der Waals surface area (Å²) in [4.78, 5) is 10.6. The van der Waals surface area contributed by atoms with Crippen molar-refractivity contribution in [3.8, 4) is 0 Å². The largest absolute Gasteiger partial charge is 0.477 e. The van der Waals surface area contributed by atoms with Gasteiger partial charge in [0.2, 0.25) is 0 Å². The van der Waals surface area contributed by atoms with Crippen LogP contribution in [-0.4, -0.2) is 17.9 Å². The van der Waals surface area contributed by atoms with Crippen LogP contribution < -0.4 is 5.32 Å². The van der Waals surface area contributed by atoms with E-state index in [1.165, 1.54) is 13.0 Å². The number of nitrogens with one attached hydrogen (secondary N) is 1. The summed E-state index contributed by atoms with van der Waals surface area (Å²) in [5.41, 5.74) is -0.0404. The van der Waals surface area contributed by atoms with E-state index in [4.69, 9.17) is 4.74 Å². The molecule has 0 aliphatic carbocycles. The third-order valence-corrected chi connectivity index (χ3v) is 1.38. The average Bonchev–Trinajstić information content (AvgIpc) is 2.08. The van der Waals surface area contributed by atoms with Gasteiger partial charge in [-0.05, 0) is 20.8 Å². The molecular formula is C8H13NO2. The monoisotopic (exact) mass is 155 g/mol. The van der Waals surface area contributed by atoms with Crippen molar-refractivity contribution in [1.29, 1.82) is 0 Å². The first kappa shape index (κ1) is 8.11. The highest BCUT2D eigenvalue weighted by Gasteiger charge is 2.26. The van der Waals surface area contributed by atoms with Crippen LogP contribution in [0.5, 0.6) is 0 Å². The zero-order chi connectivity index (χ0) is 8.48. The molecule has 1 N–H and O–H groups in total. The van der Waals surface area contributed by atoms with Crippen molar-refractivity contribution in [2.75, 3.05) is 6.61 Å². The van der Waals surface area contributed by atoms with Crippen LogP contribution in [0, 0.1) is 0 Å². The van der Waals surface area contributed by atoms with E-state index in [9.17, 15) is 4.79 Å². The minimum atomic E-state index is -0.0404. The third kappa shape index (κ3) is 2.26. The molecule has 0 saturated carbocycles. The van der Waals surface area contributed by atoms with E-state index in [1.54, 1.807) is 0 Å². The van der Waals surface area contributed by atoms with Gasteiger partial charge >= 0.3 is 0 Å². The van der Waals surface area contributed by atoms with Crippen molar-refractivity contribution in [3.63, 3.8) is 0 Å². The average molecular weight is 155 g/mol. The Kier molecular flexibility index (Phi) is 1.89. The molecule has 0 spiro atoms. The number of ketones is 1. The summed E-state index contributed by atoms with van der Waals surface area (Å²) < 4.78 is 5.21.